The first-order chi connectivity index (χ1) is 7.15. The molecule has 1 N–H and O–H groups in total. The van der Waals surface area contributed by atoms with Gasteiger partial charge in [-0.05, 0) is 17.7 Å². The predicted molar refractivity (Wildman–Crippen MR) is 48.5 cm³/mol. The van der Waals surface area contributed by atoms with Gasteiger partial charge in [-0.25, -0.2) is 14.0 Å². The van der Waals surface area contributed by atoms with Crippen molar-refractivity contribution < 1.29 is 18.7 Å². The number of carbonyl (C=O) groups excluding carboxylic acids is 2. The van der Waals surface area contributed by atoms with Gasteiger partial charge in [0.25, 0.3) is 0 Å². The summed E-state index contributed by atoms with van der Waals surface area (Å²) in [6.07, 6.45) is -0.419. The van der Waals surface area contributed by atoms with Gasteiger partial charge in [0.1, 0.15) is 11.9 Å². The topological polar surface area (TPSA) is 55.4 Å². The minimum atomic E-state index is -0.730. The smallest absolute Gasteiger partial charge is 0.375 e. The van der Waals surface area contributed by atoms with E-state index in [9.17, 15) is 14.0 Å². The second-order valence-corrected chi connectivity index (χ2v) is 3.24. The fourth-order valence-electron chi connectivity index (χ4n) is 1.38. The van der Waals surface area contributed by atoms with Crippen LogP contribution in [-0.2, 0) is 16.0 Å². The molecule has 0 aromatic heterocycles. The Kier molecular flexibility index (Phi) is 2.37. The first kappa shape index (κ1) is 9.64. The minimum Gasteiger partial charge on any atom is -0.375 e. The molecule has 0 saturated carbocycles. The molecule has 2 rings (SSSR count). The second-order valence-electron chi connectivity index (χ2n) is 3.24. The van der Waals surface area contributed by atoms with Gasteiger partial charge < -0.3 is 10.1 Å². The zero-order chi connectivity index (χ0) is 10.8. The van der Waals surface area contributed by atoms with Crippen LogP contribution in [0.15, 0.2) is 24.3 Å². The van der Waals surface area contributed by atoms with E-state index in [2.05, 4.69) is 10.1 Å². The summed E-state index contributed by atoms with van der Waals surface area (Å²) in [6, 6.07) is 5.07. The summed E-state index contributed by atoms with van der Waals surface area (Å²) >= 11 is 0. The van der Waals surface area contributed by atoms with Gasteiger partial charge in [0.05, 0.1) is 0 Å². The predicted octanol–water partition coefficient (Wildman–Crippen LogP) is 1.00. The number of halogens is 1. The van der Waals surface area contributed by atoms with Gasteiger partial charge in [-0.15, -0.1) is 0 Å². The maximum atomic E-state index is 12.6. The van der Waals surface area contributed by atoms with E-state index < -0.39 is 18.1 Å². The highest BCUT2D eigenvalue weighted by atomic mass is 19.1. The fraction of sp³-hybridized carbons (Fsp3) is 0.200. The van der Waals surface area contributed by atoms with Gasteiger partial charge in [0, 0.05) is 6.42 Å². The number of carbonyl (C=O) groups is 2. The van der Waals surface area contributed by atoms with E-state index in [0.717, 1.165) is 5.56 Å². The van der Waals surface area contributed by atoms with Crippen LogP contribution in [0.5, 0.6) is 0 Å². The van der Waals surface area contributed by atoms with Crippen LogP contribution in [-0.4, -0.2) is 18.1 Å². The van der Waals surface area contributed by atoms with Crippen LogP contribution in [0.2, 0.25) is 0 Å². The molecule has 1 aromatic rings. The number of hydrogen-bond donors (Lipinski definition) is 1. The minimum absolute atomic E-state index is 0.310. The normalized spacial score (nSPS) is 19.9. The summed E-state index contributed by atoms with van der Waals surface area (Å²) in [5.74, 6) is -0.930. The van der Waals surface area contributed by atoms with Crippen LogP contribution >= 0.6 is 0 Å². The summed E-state index contributed by atoms with van der Waals surface area (Å²) in [7, 11) is 0. The Balaban J connectivity index is 2.06. The molecule has 0 spiro atoms. The third kappa shape index (κ3) is 2.12. The van der Waals surface area contributed by atoms with Crippen molar-refractivity contribution in [3.05, 3.63) is 35.6 Å². The lowest BCUT2D eigenvalue weighted by atomic mass is 10.1. The van der Waals surface area contributed by atoms with Crippen LogP contribution in [0, 0.1) is 5.82 Å². The van der Waals surface area contributed by atoms with Crippen LogP contribution < -0.4 is 5.32 Å². The van der Waals surface area contributed by atoms with Gasteiger partial charge in [0.15, 0.2) is 0 Å². The van der Waals surface area contributed by atoms with E-state index in [0.29, 0.717) is 6.42 Å². The molecule has 15 heavy (non-hydrogen) atoms. The number of amides is 1. The molecule has 1 heterocycles. The van der Waals surface area contributed by atoms with E-state index in [1.54, 1.807) is 12.1 Å². The average molecular weight is 209 g/mol. The molecule has 5 heteroatoms. The molecule has 1 aliphatic heterocycles. The molecule has 0 unspecified atom stereocenters. The Bertz CT molecular complexity index is 402. The number of cyclic esters (lactones) is 2. The molecule has 0 aliphatic carbocycles. The highest BCUT2D eigenvalue weighted by Gasteiger charge is 2.32. The van der Waals surface area contributed by atoms with Gasteiger partial charge in [-0.3, -0.25) is 0 Å². The van der Waals surface area contributed by atoms with Crippen molar-refractivity contribution in [2.45, 2.75) is 12.5 Å². The van der Waals surface area contributed by atoms with Crippen LogP contribution in [0.3, 0.4) is 0 Å². The van der Waals surface area contributed by atoms with Gasteiger partial charge in [0.2, 0.25) is 0 Å². The summed E-state index contributed by atoms with van der Waals surface area (Å²) < 4.78 is 16.9. The van der Waals surface area contributed by atoms with Crippen LogP contribution in [0.1, 0.15) is 5.56 Å². The Morgan fingerprint density at radius 3 is 2.47 bits per heavy atom. The summed E-state index contributed by atoms with van der Waals surface area (Å²) in [5, 5.41) is 2.36. The maximum Gasteiger partial charge on any atom is 0.415 e. The van der Waals surface area contributed by atoms with Crippen molar-refractivity contribution in [2.75, 3.05) is 0 Å². The molecule has 0 radical (unpaired) electrons. The first-order valence-electron chi connectivity index (χ1n) is 4.42. The Labute approximate surface area is 85.0 Å². The number of nitrogens with one attached hydrogen (secondary N) is 1. The van der Waals surface area contributed by atoms with E-state index >= 15 is 0 Å². The third-order valence-corrected chi connectivity index (χ3v) is 2.12. The molecule has 1 aromatic carbocycles. The standard InChI is InChI=1S/C10H8FNO3/c11-7-3-1-6(2-4-7)5-8-9(13)15-10(14)12-8/h1-4,8H,5H2,(H,12,14)/t8-/m0/s1. The van der Waals surface area contributed by atoms with E-state index in [-0.39, 0.29) is 5.82 Å². The molecular weight excluding hydrogens is 201 g/mol. The zero-order valence-electron chi connectivity index (χ0n) is 7.70. The van der Waals surface area contributed by atoms with Crippen molar-refractivity contribution in [1.29, 1.82) is 0 Å². The molecule has 1 saturated heterocycles. The third-order valence-electron chi connectivity index (χ3n) is 2.12. The molecule has 1 amide bonds. The molecule has 0 bridgehead atoms. The number of hydrogen-bond acceptors (Lipinski definition) is 3. The molecule has 1 aliphatic rings. The lowest BCUT2D eigenvalue weighted by molar-refractivity contribution is -0.135. The summed E-state index contributed by atoms with van der Waals surface area (Å²) in [6.45, 7) is 0. The number of ether oxygens (including phenoxy) is 1. The second kappa shape index (κ2) is 3.68. The summed E-state index contributed by atoms with van der Waals surface area (Å²) in [4.78, 5) is 21.8. The highest BCUT2D eigenvalue weighted by Crippen LogP contribution is 2.09. The molecule has 1 atom stereocenters. The lowest BCUT2D eigenvalue weighted by Gasteiger charge is -2.04. The number of alkyl carbamates (subject to hydrolysis) is 1. The fourth-order valence-corrected chi connectivity index (χ4v) is 1.38. The highest BCUT2D eigenvalue weighted by molar-refractivity contribution is 5.95. The first-order valence-corrected chi connectivity index (χ1v) is 4.42. The van der Waals surface area contributed by atoms with Crippen LogP contribution in [0.25, 0.3) is 0 Å². The van der Waals surface area contributed by atoms with E-state index in [4.69, 9.17) is 0 Å². The SMILES string of the molecule is O=C1N[C@@H](Cc2ccc(F)cc2)C(=O)O1. The Morgan fingerprint density at radius 2 is 1.93 bits per heavy atom. The van der Waals surface area contributed by atoms with Crippen molar-refractivity contribution in [3.63, 3.8) is 0 Å². The molecule has 78 valence electrons. The largest absolute Gasteiger partial charge is 0.415 e. The quantitative estimate of drug-likeness (QED) is 0.584. The van der Waals surface area contributed by atoms with Crippen molar-refractivity contribution in [3.8, 4) is 0 Å². The number of esters is 1. The number of rotatable bonds is 2. The molecular formula is C10H8FNO3. The van der Waals surface area contributed by atoms with Crippen molar-refractivity contribution in [2.24, 2.45) is 0 Å². The maximum absolute atomic E-state index is 12.6. The number of benzene rings is 1. The molecule has 4 nitrogen and oxygen atoms in total. The van der Waals surface area contributed by atoms with E-state index in [1.165, 1.54) is 12.1 Å². The monoisotopic (exact) mass is 209 g/mol. The van der Waals surface area contributed by atoms with Crippen molar-refractivity contribution >= 4 is 12.1 Å². The lowest BCUT2D eigenvalue weighted by Crippen LogP contribution is -2.30. The zero-order valence-corrected chi connectivity index (χ0v) is 7.70. The van der Waals surface area contributed by atoms with Gasteiger partial charge in [-0.2, -0.15) is 0 Å². The average Bonchev–Trinajstić information content (AvgIpc) is 2.49. The summed E-state index contributed by atoms with van der Waals surface area (Å²) in [5.41, 5.74) is 0.764. The Hall–Kier alpha value is -1.91. The van der Waals surface area contributed by atoms with Gasteiger partial charge in [-0.1, -0.05) is 12.1 Å². The van der Waals surface area contributed by atoms with E-state index in [1.807, 2.05) is 0 Å². The molecule has 1 fully saturated rings. The Morgan fingerprint density at radius 1 is 1.27 bits per heavy atom. The van der Waals surface area contributed by atoms with Crippen LogP contribution in [0.4, 0.5) is 9.18 Å². The van der Waals surface area contributed by atoms with Gasteiger partial charge >= 0.3 is 12.1 Å². The van der Waals surface area contributed by atoms with Crippen molar-refractivity contribution in [1.82, 2.24) is 5.32 Å².